The molecule has 7 nitrogen and oxygen atoms in total. The standard InChI is InChI=1S/C22H25N3O4/c23-29-20(9-4-10-21(26)27)22(18-8-5-13-28-15-18)19(25-12-11-24-16-25)14-17-6-2-1-3-7-17/h1-3,5-8,11-12,15-16,19H,4,9-10,13-14,23H2,(H,26,27). The summed E-state index contributed by atoms with van der Waals surface area (Å²) in [4.78, 5) is 20.5. The monoisotopic (exact) mass is 395 g/mol. The Bertz CT molecular complexity index is 886. The second kappa shape index (κ2) is 10.3. The first-order chi connectivity index (χ1) is 14.2. The Morgan fingerprint density at radius 3 is 2.76 bits per heavy atom. The maximum atomic E-state index is 11.0. The highest BCUT2D eigenvalue weighted by Crippen LogP contribution is 2.34. The summed E-state index contributed by atoms with van der Waals surface area (Å²) in [5, 5.41) is 9.00. The van der Waals surface area contributed by atoms with Crippen molar-refractivity contribution in [1.29, 1.82) is 0 Å². The third-order valence-corrected chi connectivity index (χ3v) is 4.74. The van der Waals surface area contributed by atoms with E-state index in [0.29, 0.717) is 31.6 Å². The Kier molecular flexibility index (Phi) is 7.24. The molecule has 3 rings (SSSR count). The maximum absolute atomic E-state index is 11.0. The van der Waals surface area contributed by atoms with E-state index in [1.807, 2.05) is 41.1 Å². The van der Waals surface area contributed by atoms with Crippen LogP contribution < -0.4 is 5.90 Å². The fourth-order valence-electron chi connectivity index (χ4n) is 3.41. The smallest absolute Gasteiger partial charge is 0.303 e. The highest BCUT2D eigenvalue weighted by atomic mass is 16.6. The molecule has 0 amide bonds. The highest BCUT2D eigenvalue weighted by molar-refractivity contribution is 5.66. The fraction of sp³-hybridized carbons (Fsp3) is 0.273. The van der Waals surface area contributed by atoms with Crippen LogP contribution in [0.4, 0.5) is 0 Å². The van der Waals surface area contributed by atoms with E-state index in [0.717, 1.165) is 16.7 Å². The summed E-state index contributed by atoms with van der Waals surface area (Å²) in [5.41, 5.74) is 2.85. The lowest BCUT2D eigenvalue weighted by atomic mass is 9.90. The summed E-state index contributed by atoms with van der Waals surface area (Å²) in [6, 6.07) is 9.96. The van der Waals surface area contributed by atoms with E-state index in [-0.39, 0.29) is 12.5 Å². The van der Waals surface area contributed by atoms with Gasteiger partial charge in [0.25, 0.3) is 0 Å². The van der Waals surface area contributed by atoms with Crippen molar-refractivity contribution in [1.82, 2.24) is 9.55 Å². The van der Waals surface area contributed by atoms with Gasteiger partial charge < -0.3 is 19.2 Å². The summed E-state index contributed by atoms with van der Waals surface area (Å²) >= 11 is 0. The van der Waals surface area contributed by atoms with E-state index in [2.05, 4.69) is 17.1 Å². The Morgan fingerprint density at radius 1 is 1.31 bits per heavy atom. The first kappa shape index (κ1) is 20.4. The van der Waals surface area contributed by atoms with Gasteiger partial charge >= 0.3 is 5.97 Å². The average molecular weight is 395 g/mol. The number of carboxylic acid groups (broad SMARTS) is 1. The molecular weight excluding hydrogens is 370 g/mol. The van der Waals surface area contributed by atoms with Crippen molar-refractivity contribution in [2.75, 3.05) is 6.61 Å². The van der Waals surface area contributed by atoms with Gasteiger partial charge in [-0.25, -0.2) is 4.98 Å². The zero-order valence-corrected chi connectivity index (χ0v) is 16.1. The number of carboxylic acids is 1. The van der Waals surface area contributed by atoms with Crippen LogP contribution in [0.15, 0.2) is 84.4 Å². The number of imidazole rings is 1. The molecule has 152 valence electrons. The minimum atomic E-state index is -0.849. The number of ether oxygens (including phenoxy) is 1. The molecule has 2 aromatic rings. The van der Waals surface area contributed by atoms with Gasteiger partial charge in [-0.2, -0.15) is 5.90 Å². The minimum absolute atomic E-state index is 0.0416. The molecular formula is C22H25N3O4. The van der Waals surface area contributed by atoms with Crippen LogP contribution in [0, 0.1) is 0 Å². The summed E-state index contributed by atoms with van der Waals surface area (Å²) in [6.45, 7) is 0.503. The topological polar surface area (TPSA) is 99.6 Å². The third-order valence-electron chi connectivity index (χ3n) is 4.74. The Balaban J connectivity index is 2.04. The molecule has 1 unspecified atom stereocenters. The van der Waals surface area contributed by atoms with Gasteiger partial charge in [0.05, 0.1) is 18.6 Å². The Hall–Kier alpha value is -3.32. The average Bonchev–Trinajstić information content (AvgIpc) is 3.28. The van der Waals surface area contributed by atoms with E-state index >= 15 is 0 Å². The summed E-state index contributed by atoms with van der Waals surface area (Å²) < 4.78 is 7.52. The molecule has 1 aromatic heterocycles. The van der Waals surface area contributed by atoms with Crippen molar-refractivity contribution >= 4 is 5.97 Å². The van der Waals surface area contributed by atoms with E-state index < -0.39 is 5.97 Å². The zero-order valence-electron chi connectivity index (χ0n) is 16.1. The lowest BCUT2D eigenvalue weighted by Crippen LogP contribution is -2.19. The predicted octanol–water partition coefficient (Wildman–Crippen LogP) is 3.54. The quantitative estimate of drug-likeness (QED) is 0.472. The number of hydrogen-bond acceptors (Lipinski definition) is 5. The molecule has 1 aliphatic rings. The number of rotatable bonds is 10. The molecule has 3 N–H and O–H groups in total. The van der Waals surface area contributed by atoms with Gasteiger partial charge in [-0.3, -0.25) is 4.79 Å². The number of carbonyl (C=O) groups is 1. The summed E-state index contributed by atoms with van der Waals surface area (Å²) in [5.74, 6) is 5.35. The fourth-order valence-corrected chi connectivity index (χ4v) is 3.41. The molecule has 7 heteroatoms. The number of hydrogen-bond donors (Lipinski definition) is 2. The van der Waals surface area contributed by atoms with Crippen molar-refractivity contribution in [2.24, 2.45) is 5.90 Å². The van der Waals surface area contributed by atoms with Gasteiger partial charge in [0, 0.05) is 36.4 Å². The molecule has 1 aliphatic heterocycles. The summed E-state index contributed by atoms with van der Waals surface area (Å²) in [6.07, 6.45) is 12.5. The van der Waals surface area contributed by atoms with Gasteiger partial charge in [-0.1, -0.05) is 36.4 Å². The van der Waals surface area contributed by atoms with Gasteiger partial charge in [0.2, 0.25) is 0 Å². The largest absolute Gasteiger partial charge is 0.496 e. The maximum Gasteiger partial charge on any atom is 0.303 e. The van der Waals surface area contributed by atoms with Crippen LogP contribution in [0.25, 0.3) is 0 Å². The molecule has 1 atom stereocenters. The SMILES string of the molecule is NOC(CCCC(=O)O)=C(C1=COCC=C1)C(Cc1ccccc1)n1ccnc1. The Labute approximate surface area is 169 Å². The van der Waals surface area contributed by atoms with Crippen LogP contribution in [0.1, 0.15) is 30.9 Å². The molecule has 0 saturated carbocycles. The molecule has 1 aromatic carbocycles. The Morgan fingerprint density at radius 2 is 2.14 bits per heavy atom. The van der Waals surface area contributed by atoms with E-state index in [4.69, 9.17) is 20.6 Å². The van der Waals surface area contributed by atoms with Gasteiger partial charge in [-0.05, 0) is 24.5 Å². The number of aromatic nitrogens is 2. The third kappa shape index (κ3) is 5.58. The lowest BCUT2D eigenvalue weighted by Gasteiger charge is -2.26. The second-order valence-electron chi connectivity index (χ2n) is 6.73. The van der Waals surface area contributed by atoms with Gasteiger partial charge in [-0.15, -0.1) is 0 Å². The van der Waals surface area contributed by atoms with Crippen molar-refractivity contribution in [3.63, 3.8) is 0 Å². The van der Waals surface area contributed by atoms with Crippen molar-refractivity contribution in [3.8, 4) is 0 Å². The van der Waals surface area contributed by atoms with Crippen LogP contribution >= 0.6 is 0 Å². The van der Waals surface area contributed by atoms with Gasteiger partial charge in [0.1, 0.15) is 12.4 Å². The lowest BCUT2D eigenvalue weighted by molar-refractivity contribution is -0.137. The predicted molar refractivity (Wildman–Crippen MR) is 108 cm³/mol. The highest BCUT2D eigenvalue weighted by Gasteiger charge is 2.25. The molecule has 0 saturated heterocycles. The minimum Gasteiger partial charge on any atom is -0.496 e. The van der Waals surface area contributed by atoms with E-state index in [1.165, 1.54) is 0 Å². The van der Waals surface area contributed by atoms with Crippen LogP contribution in [0.2, 0.25) is 0 Å². The zero-order chi connectivity index (χ0) is 20.5. The second-order valence-corrected chi connectivity index (χ2v) is 6.73. The number of aliphatic carboxylic acids is 1. The first-order valence-electron chi connectivity index (χ1n) is 9.50. The molecule has 29 heavy (non-hydrogen) atoms. The van der Waals surface area contributed by atoms with Gasteiger partial charge in [0.15, 0.2) is 0 Å². The van der Waals surface area contributed by atoms with E-state index in [1.54, 1.807) is 18.8 Å². The van der Waals surface area contributed by atoms with E-state index in [9.17, 15) is 4.79 Å². The molecule has 0 radical (unpaired) electrons. The summed E-state index contributed by atoms with van der Waals surface area (Å²) in [7, 11) is 0. The van der Waals surface area contributed by atoms with Crippen molar-refractivity contribution in [2.45, 2.75) is 31.7 Å². The van der Waals surface area contributed by atoms with Crippen LogP contribution in [-0.4, -0.2) is 27.2 Å². The molecule has 2 heterocycles. The number of nitrogens with zero attached hydrogens (tertiary/aromatic N) is 2. The molecule has 0 spiro atoms. The number of allylic oxidation sites excluding steroid dienone is 4. The molecule has 0 aliphatic carbocycles. The van der Waals surface area contributed by atoms with Crippen molar-refractivity contribution in [3.05, 3.63) is 89.9 Å². The van der Waals surface area contributed by atoms with Crippen LogP contribution in [0.3, 0.4) is 0 Å². The van der Waals surface area contributed by atoms with Crippen molar-refractivity contribution < 1.29 is 19.5 Å². The number of benzene rings is 1. The van der Waals surface area contributed by atoms with Crippen LogP contribution in [0.5, 0.6) is 0 Å². The molecule has 0 fully saturated rings. The molecule has 0 bridgehead atoms. The normalized spacial score (nSPS) is 15.1. The first-order valence-corrected chi connectivity index (χ1v) is 9.50. The van der Waals surface area contributed by atoms with Crippen LogP contribution in [-0.2, 0) is 20.8 Å². The number of nitrogens with two attached hydrogens (primary N) is 1.